The van der Waals surface area contributed by atoms with Crippen LogP contribution in [0.15, 0.2) is 29.8 Å². The molecule has 0 atom stereocenters. The van der Waals surface area contributed by atoms with E-state index in [1.165, 1.54) is 11.1 Å². The summed E-state index contributed by atoms with van der Waals surface area (Å²) in [6, 6.07) is 8.41. The van der Waals surface area contributed by atoms with E-state index in [0.29, 0.717) is 6.61 Å². The van der Waals surface area contributed by atoms with E-state index in [-0.39, 0.29) is 11.4 Å². The van der Waals surface area contributed by atoms with Gasteiger partial charge in [-0.25, -0.2) is 4.79 Å². The molecule has 0 spiro atoms. The zero-order valence-corrected chi connectivity index (χ0v) is 12.2. The Morgan fingerprint density at radius 1 is 1.32 bits per heavy atom. The average molecular weight is 258 g/mol. The van der Waals surface area contributed by atoms with Crippen LogP contribution in [0.3, 0.4) is 0 Å². The molecule has 0 heterocycles. The van der Waals surface area contributed by atoms with E-state index in [1.807, 2.05) is 19.9 Å². The van der Waals surface area contributed by atoms with Crippen LogP contribution < -0.4 is 0 Å². The molecule has 0 amide bonds. The van der Waals surface area contributed by atoms with Crippen molar-refractivity contribution >= 4 is 11.5 Å². The number of allylic oxidation sites excluding steroid dienone is 1. The molecule has 1 aliphatic carbocycles. The summed E-state index contributed by atoms with van der Waals surface area (Å²) in [5, 5.41) is 0. The zero-order valence-electron chi connectivity index (χ0n) is 12.2. The molecule has 19 heavy (non-hydrogen) atoms. The Hall–Kier alpha value is -1.57. The van der Waals surface area contributed by atoms with Crippen LogP contribution in [0.5, 0.6) is 0 Å². The smallest absolute Gasteiger partial charge is 0.333 e. The van der Waals surface area contributed by atoms with Gasteiger partial charge in [0, 0.05) is 5.57 Å². The molecule has 2 nitrogen and oxygen atoms in total. The number of benzene rings is 1. The van der Waals surface area contributed by atoms with Crippen molar-refractivity contribution in [2.24, 2.45) is 0 Å². The fourth-order valence-electron chi connectivity index (χ4n) is 2.80. The Morgan fingerprint density at radius 3 is 2.68 bits per heavy atom. The highest BCUT2D eigenvalue weighted by Gasteiger charge is 2.31. The molecule has 1 aromatic rings. The van der Waals surface area contributed by atoms with E-state index < -0.39 is 0 Å². The van der Waals surface area contributed by atoms with Gasteiger partial charge in [0.15, 0.2) is 0 Å². The van der Waals surface area contributed by atoms with Crippen molar-refractivity contribution in [3.05, 3.63) is 41.0 Å². The fraction of sp³-hybridized carbons (Fsp3) is 0.471. The van der Waals surface area contributed by atoms with E-state index in [1.54, 1.807) is 0 Å². The first-order chi connectivity index (χ1) is 8.97. The van der Waals surface area contributed by atoms with Crippen molar-refractivity contribution in [1.82, 2.24) is 0 Å². The molecule has 1 aliphatic rings. The third kappa shape index (κ3) is 2.58. The van der Waals surface area contributed by atoms with Crippen LogP contribution in [0.1, 0.15) is 51.7 Å². The number of hydrogen-bond donors (Lipinski definition) is 0. The second-order valence-electron chi connectivity index (χ2n) is 5.75. The molecule has 1 aromatic carbocycles. The number of hydrogen-bond acceptors (Lipinski definition) is 2. The highest BCUT2D eigenvalue weighted by Crippen LogP contribution is 2.43. The predicted molar refractivity (Wildman–Crippen MR) is 77.9 cm³/mol. The van der Waals surface area contributed by atoms with Gasteiger partial charge in [-0.3, -0.25) is 0 Å². The molecular weight excluding hydrogens is 236 g/mol. The molecule has 0 fully saturated rings. The van der Waals surface area contributed by atoms with Crippen molar-refractivity contribution in [3.8, 4) is 0 Å². The Bertz CT molecular complexity index is 524. The predicted octanol–water partition coefficient (Wildman–Crippen LogP) is 4.09. The standard InChI is InChI=1S/C17H22O2/c1-5-19-16(18)12(2)13-10-11-17(3,4)15-9-7-6-8-14(13)15/h6-9H,5,10-11H2,1-4H3/b13-12-. The maximum atomic E-state index is 11.9. The third-order valence-corrected chi connectivity index (χ3v) is 4.02. The lowest BCUT2D eigenvalue weighted by molar-refractivity contribution is -0.138. The summed E-state index contributed by atoms with van der Waals surface area (Å²) in [4.78, 5) is 11.9. The van der Waals surface area contributed by atoms with E-state index in [4.69, 9.17) is 4.74 Å². The van der Waals surface area contributed by atoms with Crippen molar-refractivity contribution in [3.63, 3.8) is 0 Å². The molecule has 0 radical (unpaired) electrons. The number of rotatable bonds is 2. The van der Waals surface area contributed by atoms with Crippen molar-refractivity contribution in [2.75, 3.05) is 6.61 Å². The van der Waals surface area contributed by atoms with Crippen molar-refractivity contribution in [2.45, 2.75) is 46.0 Å². The highest BCUT2D eigenvalue weighted by atomic mass is 16.5. The topological polar surface area (TPSA) is 26.3 Å². The fourth-order valence-corrected chi connectivity index (χ4v) is 2.80. The van der Waals surface area contributed by atoms with Crippen LogP contribution in [0.25, 0.3) is 5.57 Å². The van der Waals surface area contributed by atoms with Gasteiger partial charge >= 0.3 is 5.97 Å². The minimum Gasteiger partial charge on any atom is -0.463 e. The second kappa shape index (κ2) is 5.20. The summed E-state index contributed by atoms with van der Waals surface area (Å²) in [6.45, 7) is 8.68. The molecule has 2 rings (SSSR count). The maximum absolute atomic E-state index is 11.9. The van der Waals surface area contributed by atoms with Crippen LogP contribution in [0.2, 0.25) is 0 Å². The van der Waals surface area contributed by atoms with Crippen LogP contribution in [-0.2, 0) is 14.9 Å². The summed E-state index contributed by atoms with van der Waals surface area (Å²) >= 11 is 0. The highest BCUT2D eigenvalue weighted by molar-refractivity contribution is 5.97. The molecule has 102 valence electrons. The quantitative estimate of drug-likeness (QED) is 0.590. The Balaban J connectivity index is 2.51. The number of ether oxygens (including phenoxy) is 1. The van der Waals surface area contributed by atoms with Gasteiger partial charge in [-0.05, 0) is 48.8 Å². The van der Waals surface area contributed by atoms with Gasteiger partial charge in [-0.2, -0.15) is 0 Å². The summed E-state index contributed by atoms with van der Waals surface area (Å²) in [5.41, 5.74) is 4.62. The minimum atomic E-state index is -0.188. The van der Waals surface area contributed by atoms with Gasteiger partial charge in [-0.15, -0.1) is 0 Å². The van der Waals surface area contributed by atoms with E-state index in [0.717, 1.165) is 24.0 Å². The number of carbonyl (C=O) groups excluding carboxylic acids is 1. The van der Waals surface area contributed by atoms with Gasteiger partial charge < -0.3 is 4.74 Å². The summed E-state index contributed by atoms with van der Waals surface area (Å²) in [5.74, 6) is -0.188. The number of fused-ring (bicyclic) bond motifs is 1. The SMILES string of the molecule is CCOC(=O)/C(C)=C1/CCC(C)(C)c2ccccc21. The number of carbonyl (C=O) groups is 1. The molecule has 0 N–H and O–H groups in total. The molecule has 0 bridgehead atoms. The minimum absolute atomic E-state index is 0.176. The molecule has 2 heteroatoms. The molecule has 0 saturated heterocycles. The maximum Gasteiger partial charge on any atom is 0.333 e. The first kappa shape index (κ1) is 13.9. The molecular formula is C17H22O2. The average Bonchev–Trinajstić information content (AvgIpc) is 2.39. The summed E-state index contributed by atoms with van der Waals surface area (Å²) in [6.07, 6.45) is 2.00. The van der Waals surface area contributed by atoms with Gasteiger partial charge in [0.25, 0.3) is 0 Å². The van der Waals surface area contributed by atoms with E-state index in [2.05, 4.69) is 32.0 Å². The van der Waals surface area contributed by atoms with Gasteiger partial charge in [0.2, 0.25) is 0 Å². The lowest BCUT2D eigenvalue weighted by Gasteiger charge is -2.34. The monoisotopic (exact) mass is 258 g/mol. The zero-order chi connectivity index (χ0) is 14.0. The normalized spacial score (nSPS) is 19.6. The number of esters is 1. The molecule has 0 aromatic heterocycles. The Kier molecular flexibility index (Phi) is 3.79. The van der Waals surface area contributed by atoms with Crippen LogP contribution in [0.4, 0.5) is 0 Å². The third-order valence-electron chi connectivity index (χ3n) is 4.02. The molecule has 0 saturated carbocycles. The van der Waals surface area contributed by atoms with Crippen molar-refractivity contribution in [1.29, 1.82) is 0 Å². The summed E-state index contributed by atoms with van der Waals surface area (Å²) < 4.78 is 5.13. The van der Waals surface area contributed by atoms with Gasteiger partial charge in [0.1, 0.15) is 0 Å². The Labute approximate surface area is 115 Å². The summed E-state index contributed by atoms with van der Waals surface area (Å²) in [7, 11) is 0. The lowest BCUT2D eigenvalue weighted by atomic mass is 9.70. The van der Waals surface area contributed by atoms with Crippen LogP contribution in [0, 0.1) is 0 Å². The first-order valence-electron chi connectivity index (χ1n) is 6.94. The largest absolute Gasteiger partial charge is 0.463 e. The second-order valence-corrected chi connectivity index (χ2v) is 5.75. The van der Waals surface area contributed by atoms with Gasteiger partial charge in [0.05, 0.1) is 6.61 Å². The lowest BCUT2D eigenvalue weighted by Crippen LogP contribution is -2.24. The first-order valence-corrected chi connectivity index (χ1v) is 6.94. The van der Waals surface area contributed by atoms with Crippen molar-refractivity contribution < 1.29 is 9.53 Å². The van der Waals surface area contributed by atoms with Gasteiger partial charge in [-0.1, -0.05) is 38.1 Å². The Morgan fingerprint density at radius 2 is 2.00 bits per heavy atom. The van der Waals surface area contributed by atoms with E-state index >= 15 is 0 Å². The molecule has 0 aliphatic heterocycles. The van der Waals surface area contributed by atoms with Crippen LogP contribution in [-0.4, -0.2) is 12.6 Å². The van der Waals surface area contributed by atoms with E-state index in [9.17, 15) is 4.79 Å². The van der Waals surface area contributed by atoms with Crippen LogP contribution >= 0.6 is 0 Å². The molecule has 0 unspecified atom stereocenters.